The summed E-state index contributed by atoms with van der Waals surface area (Å²) in [5.74, 6) is -0.230. The van der Waals surface area contributed by atoms with E-state index in [0.717, 1.165) is 5.56 Å². The van der Waals surface area contributed by atoms with Crippen molar-refractivity contribution in [3.05, 3.63) is 41.3 Å². The van der Waals surface area contributed by atoms with Crippen molar-refractivity contribution in [3.63, 3.8) is 0 Å². The predicted octanol–water partition coefficient (Wildman–Crippen LogP) is 2.13. The van der Waals surface area contributed by atoms with Gasteiger partial charge in [0.05, 0.1) is 0 Å². The van der Waals surface area contributed by atoms with Gasteiger partial charge in [-0.1, -0.05) is 12.1 Å². The highest BCUT2D eigenvalue weighted by Gasteiger charge is 2.01. The minimum Gasteiger partial charge on any atom is -0.404 e. The van der Waals surface area contributed by atoms with Gasteiger partial charge in [-0.15, -0.1) is 0 Å². The molecule has 0 spiro atoms. The van der Waals surface area contributed by atoms with Crippen LogP contribution in [-0.2, 0) is 0 Å². The molecule has 1 aromatic carbocycles. The van der Waals surface area contributed by atoms with Crippen LogP contribution in [0.5, 0.6) is 0 Å². The molecule has 1 aromatic rings. The van der Waals surface area contributed by atoms with Gasteiger partial charge in [0.2, 0.25) is 0 Å². The first kappa shape index (κ1) is 10.4. The molecule has 0 unspecified atom stereocenters. The average molecular weight is 192 g/mol. The van der Waals surface area contributed by atoms with Gasteiger partial charge in [-0.2, -0.15) is 0 Å². The number of hydrogen-bond donors (Lipinski definition) is 1. The van der Waals surface area contributed by atoms with Gasteiger partial charge >= 0.3 is 0 Å². The van der Waals surface area contributed by atoms with E-state index in [9.17, 15) is 4.39 Å². The van der Waals surface area contributed by atoms with Crippen molar-refractivity contribution in [2.24, 2.45) is 10.7 Å². The van der Waals surface area contributed by atoms with Crippen molar-refractivity contribution >= 4 is 11.8 Å². The molecule has 0 atom stereocenters. The Morgan fingerprint density at radius 3 is 2.71 bits per heavy atom. The third kappa shape index (κ3) is 2.19. The first-order valence-electron chi connectivity index (χ1n) is 4.29. The third-order valence-corrected chi connectivity index (χ3v) is 1.95. The molecule has 3 heteroatoms. The number of benzene rings is 1. The van der Waals surface area contributed by atoms with Crippen LogP contribution in [0.2, 0.25) is 0 Å². The normalized spacial score (nSPS) is 12.4. The van der Waals surface area contributed by atoms with Gasteiger partial charge in [-0.05, 0) is 24.1 Å². The van der Waals surface area contributed by atoms with Gasteiger partial charge < -0.3 is 5.73 Å². The summed E-state index contributed by atoms with van der Waals surface area (Å²) in [6.07, 6.45) is 3.02. The predicted molar refractivity (Wildman–Crippen MR) is 57.7 cm³/mol. The van der Waals surface area contributed by atoms with Gasteiger partial charge in [0.25, 0.3) is 0 Å². The molecule has 0 aliphatic rings. The molecule has 0 saturated heterocycles. The summed E-state index contributed by atoms with van der Waals surface area (Å²) in [4.78, 5) is 3.84. The number of halogens is 1. The zero-order chi connectivity index (χ0) is 10.6. The van der Waals surface area contributed by atoms with Crippen molar-refractivity contribution in [1.82, 2.24) is 0 Å². The van der Waals surface area contributed by atoms with Crippen molar-refractivity contribution in [2.45, 2.75) is 6.92 Å². The van der Waals surface area contributed by atoms with E-state index in [1.54, 1.807) is 26.3 Å². The van der Waals surface area contributed by atoms with Crippen LogP contribution in [0.25, 0.3) is 5.57 Å². The lowest BCUT2D eigenvalue weighted by Crippen LogP contribution is -1.93. The van der Waals surface area contributed by atoms with E-state index in [0.29, 0.717) is 11.1 Å². The minimum atomic E-state index is -0.230. The molecule has 2 nitrogen and oxygen atoms in total. The maximum atomic E-state index is 13.2. The van der Waals surface area contributed by atoms with E-state index in [4.69, 9.17) is 5.73 Å². The quantitative estimate of drug-likeness (QED) is 0.716. The van der Waals surface area contributed by atoms with E-state index in [1.807, 2.05) is 6.07 Å². The number of hydrogen-bond acceptors (Lipinski definition) is 2. The topological polar surface area (TPSA) is 38.4 Å². The molecule has 0 heterocycles. The molecule has 74 valence electrons. The van der Waals surface area contributed by atoms with Gasteiger partial charge in [0, 0.05) is 25.0 Å². The lowest BCUT2D eigenvalue weighted by molar-refractivity contribution is 0.618. The molecule has 1 rings (SSSR count). The highest BCUT2D eigenvalue weighted by atomic mass is 19.1. The number of allylic oxidation sites excluding steroid dienone is 1. The molecule has 0 radical (unpaired) electrons. The van der Waals surface area contributed by atoms with Crippen LogP contribution in [0.3, 0.4) is 0 Å². The van der Waals surface area contributed by atoms with Crippen molar-refractivity contribution in [1.29, 1.82) is 0 Å². The summed E-state index contributed by atoms with van der Waals surface area (Å²) in [7, 11) is 1.65. The van der Waals surface area contributed by atoms with Gasteiger partial charge in [0.1, 0.15) is 5.82 Å². The molecule has 14 heavy (non-hydrogen) atoms. The first-order chi connectivity index (χ1) is 6.69. The second-order valence-corrected chi connectivity index (χ2v) is 2.97. The van der Waals surface area contributed by atoms with Gasteiger partial charge in [0.15, 0.2) is 0 Å². The van der Waals surface area contributed by atoms with Crippen LogP contribution >= 0.6 is 0 Å². The molecular weight excluding hydrogens is 179 g/mol. The smallest absolute Gasteiger partial charge is 0.126 e. The van der Waals surface area contributed by atoms with Crippen LogP contribution in [0.4, 0.5) is 4.39 Å². The van der Waals surface area contributed by atoms with Crippen LogP contribution in [0.1, 0.15) is 11.1 Å². The lowest BCUT2D eigenvalue weighted by atomic mass is 10.1. The summed E-state index contributed by atoms with van der Waals surface area (Å²) in [5.41, 5.74) is 7.48. The van der Waals surface area contributed by atoms with Crippen LogP contribution < -0.4 is 5.73 Å². The van der Waals surface area contributed by atoms with Gasteiger partial charge in [-0.25, -0.2) is 4.39 Å². The number of nitrogens with zero attached hydrogens (tertiary/aromatic N) is 1. The second kappa shape index (κ2) is 4.56. The largest absolute Gasteiger partial charge is 0.404 e. The number of nitrogens with two attached hydrogens (primary N) is 1. The highest BCUT2D eigenvalue weighted by Crippen LogP contribution is 2.15. The number of aryl methyl sites for hydroxylation is 1. The number of aliphatic imine (C=N–C) groups is 1. The summed E-state index contributed by atoms with van der Waals surface area (Å²) >= 11 is 0. The fraction of sp³-hybridized carbons (Fsp3) is 0.182. The maximum Gasteiger partial charge on any atom is 0.126 e. The van der Waals surface area contributed by atoms with E-state index < -0.39 is 0 Å². The molecule has 0 bridgehead atoms. The fourth-order valence-corrected chi connectivity index (χ4v) is 1.13. The Bertz CT molecular complexity index is 381. The molecule has 0 fully saturated rings. The van der Waals surface area contributed by atoms with Crippen LogP contribution in [-0.4, -0.2) is 13.3 Å². The Balaban J connectivity index is 3.13. The third-order valence-electron chi connectivity index (χ3n) is 1.95. The van der Waals surface area contributed by atoms with Gasteiger partial charge in [-0.3, -0.25) is 4.99 Å². The zero-order valence-corrected chi connectivity index (χ0v) is 8.29. The standard InChI is InChI=1S/C11H13FN2/c1-8-3-4-9(5-11(8)12)10(6-13)7-14-2/h3-7H,13H2,1-2H3/b10-6+,14-7?. The number of rotatable bonds is 2. The van der Waals surface area contributed by atoms with E-state index in [2.05, 4.69) is 4.99 Å². The minimum absolute atomic E-state index is 0.230. The van der Waals surface area contributed by atoms with Crippen molar-refractivity contribution in [3.8, 4) is 0 Å². The Morgan fingerprint density at radius 1 is 1.50 bits per heavy atom. The Kier molecular flexibility index (Phi) is 3.40. The Morgan fingerprint density at radius 2 is 2.21 bits per heavy atom. The summed E-state index contributed by atoms with van der Waals surface area (Å²) < 4.78 is 13.2. The Hall–Kier alpha value is -1.64. The highest BCUT2D eigenvalue weighted by molar-refractivity contribution is 6.09. The van der Waals surface area contributed by atoms with Crippen LogP contribution in [0.15, 0.2) is 29.4 Å². The summed E-state index contributed by atoms with van der Waals surface area (Å²) in [6, 6.07) is 4.99. The fourth-order valence-electron chi connectivity index (χ4n) is 1.13. The van der Waals surface area contributed by atoms with Crippen molar-refractivity contribution < 1.29 is 4.39 Å². The molecule has 2 N–H and O–H groups in total. The summed E-state index contributed by atoms with van der Waals surface area (Å²) in [5, 5.41) is 0. The first-order valence-corrected chi connectivity index (χ1v) is 4.29. The van der Waals surface area contributed by atoms with E-state index in [1.165, 1.54) is 12.3 Å². The van der Waals surface area contributed by atoms with E-state index >= 15 is 0 Å². The molecule has 0 saturated carbocycles. The van der Waals surface area contributed by atoms with Crippen molar-refractivity contribution in [2.75, 3.05) is 7.05 Å². The average Bonchev–Trinajstić information content (AvgIpc) is 2.19. The molecule has 0 amide bonds. The molecular formula is C11H13FN2. The molecule has 0 aliphatic carbocycles. The summed E-state index contributed by atoms with van der Waals surface area (Å²) in [6.45, 7) is 1.72. The van der Waals surface area contributed by atoms with E-state index in [-0.39, 0.29) is 5.82 Å². The second-order valence-electron chi connectivity index (χ2n) is 2.97. The SMILES string of the molecule is CN=C/C(=C\N)c1ccc(C)c(F)c1. The molecule has 0 aromatic heterocycles. The Labute approximate surface area is 83.0 Å². The lowest BCUT2D eigenvalue weighted by Gasteiger charge is -2.02. The van der Waals surface area contributed by atoms with Crippen LogP contribution in [0, 0.1) is 12.7 Å². The monoisotopic (exact) mass is 192 g/mol. The maximum absolute atomic E-state index is 13.2. The molecule has 0 aliphatic heterocycles. The zero-order valence-electron chi connectivity index (χ0n) is 8.29.